The van der Waals surface area contributed by atoms with E-state index < -0.39 is 0 Å². The molecule has 0 N–H and O–H groups in total. The molecule has 3 rings (SSSR count). The Morgan fingerprint density at radius 1 is 1.21 bits per heavy atom. The van der Waals surface area contributed by atoms with Gasteiger partial charge in [-0.3, -0.25) is 4.90 Å². The van der Waals surface area contributed by atoms with Crippen LogP contribution in [0.3, 0.4) is 0 Å². The summed E-state index contributed by atoms with van der Waals surface area (Å²) >= 11 is 0. The Balaban J connectivity index is 0.00000208. The first-order valence-electron chi connectivity index (χ1n) is 7.81. The molecule has 1 saturated heterocycles. The number of aromatic nitrogens is 2. The average molecular weight is 352 g/mol. The Labute approximate surface area is 147 Å². The molecule has 6 nitrogen and oxygen atoms in total. The number of para-hydroxylation sites is 1. The first kappa shape index (κ1) is 18.4. The minimum absolute atomic E-state index is 0. The lowest BCUT2D eigenvalue weighted by molar-refractivity contribution is 0.0322. The van der Waals surface area contributed by atoms with Crippen LogP contribution in [-0.4, -0.2) is 54.5 Å². The molecule has 0 saturated carbocycles. The van der Waals surface area contributed by atoms with E-state index in [0.717, 1.165) is 44.2 Å². The number of aryl methyl sites for hydroxylation is 1. The number of morpholine rings is 1. The van der Waals surface area contributed by atoms with E-state index in [4.69, 9.17) is 14.0 Å². The number of rotatable bonds is 6. The van der Waals surface area contributed by atoms with Gasteiger partial charge >= 0.3 is 0 Å². The number of hydrogen-bond acceptors (Lipinski definition) is 6. The fourth-order valence-corrected chi connectivity index (χ4v) is 2.40. The molecule has 1 aliphatic heterocycles. The van der Waals surface area contributed by atoms with Gasteiger partial charge < -0.3 is 14.0 Å². The maximum Gasteiger partial charge on any atom is 0.250 e. The number of benzene rings is 1. The van der Waals surface area contributed by atoms with E-state index in [1.54, 1.807) is 13.0 Å². The molecule has 130 valence electrons. The third-order valence-corrected chi connectivity index (χ3v) is 3.64. The molecule has 1 fully saturated rings. The molecule has 7 heteroatoms. The van der Waals surface area contributed by atoms with Crippen molar-refractivity contribution in [3.8, 4) is 5.75 Å². The van der Waals surface area contributed by atoms with E-state index in [9.17, 15) is 0 Å². The van der Waals surface area contributed by atoms with Gasteiger partial charge in [-0.05, 0) is 19.1 Å². The Bertz CT molecular complexity index is 654. The summed E-state index contributed by atoms with van der Waals surface area (Å²) in [5, 5.41) is 3.77. The van der Waals surface area contributed by atoms with Crippen LogP contribution in [-0.2, 0) is 4.74 Å². The van der Waals surface area contributed by atoms with Crippen LogP contribution in [0.5, 0.6) is 5.75 Å². The van der Waals surface area contributed by atoms with Crippen LogP contribution in [0.1, 0.15) is 17.3 Å². The summed E-state index contributed by atoms with van der Waals surface area (Å²) in [6, 6.07) is 7.92. The van der Waals surface area contributed by atoms with Gasteiger partial charge in [-0.15, -0.1) is 12.4 Å². The topological polar surface area (TPSA) is 60.6 Å². The van der Waals surface area contributed by atoms with Gasteiger partial charge in [0.2, 0.25) is 0 Å². The zero-order valence-corrected chi connectivity index (χ0v) is 14.5. The molecule has 0 atom stereocenters. The van der Waals surface area contributed by atoms with E-state index in [1.807, 2.05) is 30.3 Å². The molecule has 1 aromatic heterocycles. The Morgan fingerprint density at radius 2 is 2.00 bits per heavy atom. The molecular weight excluding hydrogens is 330 g/mol. The van der Waals surface area contributed by atoms with Crippen molar-refractivity contribution < 1.29 is 14.0 Å². The summed E-state index contributed by atoms with van der Waals surface area (Å²) in [7, 11) is 0. The predicted molar refractivity (Wildman–Crippen MR) is 94.4 cm³/mol. The molecule has 0 radical (unpaired) electrons. The number of hydrogen-bond donors (Lipinski definition) is 0. The quantitative estimate of drug-likeness (QED) is 0.797. The summed E-state index contributed by atoms with van der Waals surface area (Å²) in [4.78, 5) is 6.51. The summed E-state index contributed by atoms with van der Waals surface area (Å²) < 4.78 is 16.4. The monoisotopic (exact) mass is 351 g/mol. The van der Waals surface area contributed by atoms with Crippen molar-refractivity contribution >= 4 is 24.6 Å². The fraction of sp³-hybridized carbons (Fsp3) is 0.412. The van der Waals surface area contributed by atoms with Crippen molar-refractivity contribution in [2.75, 3.05) is 39.5 Å². The molecule has 1 aliphatic rings. The van der Waals surface area contributed by atoms with E-state index in [2.05, 4.69) is 15.0 Å². The highest BCUT2D eigenvalue weighted by Crippen LogP contribution is 2.20. The van der Waals surface area contributed by atoms with Crippen LogP contribution in [0.15, 0.2) is 28.8 Å². The van der Waals surface area contributed by atoms with Crippen molar-refractivity contribution in [1.82, 2.24) is 15.0 Å². The highest BCUT2D eigenvalue weighted by Gasteiger charge is 2.10. The lowest BCUT2D eigenvalue weighted by Gasteiger charge is -2.26. The first-order valence-corrected chi connectivity index (χ1v) is 7.81. The molecule has 2 heterocycles. The molecule has 0 bridgehead atoms. The van der Waals surface area contributed by atoms with E-state index >= 15 is 0 Å². The van der Waals surface area contributed by atoms with Crippen LogP contribution < -0.4 is 4.74 Å². The summed E-state index contributed by atoms with van der Waals surface area (Å²) in [5.41, 5.74) is 0.991. The van der Waals surface area contributed by atoms with Gasteiger partial charge in [-0.2, -0.15) is 4.98 Å². The second-order valence-electron chi connectivity index (χ2n) is 5.35. The van der Waals surface area contributed by atoms with E-state index in [0.29, 0.717) is 18.3 Å². The zero-order chi connectivity index (χ0) is 15.9. The molecule has 0 spiro atoms. The third kappa shape index (κ3) is 5.33. The molecule has 0 aliphatic carbocycles. The maximum atomic E-state index is 5.93. The molecule has 0 unspecified atom stereocenters. The Kier molecular flexibility index (Phi) is 7.24. The summed E-state index contributed by atoms with van der Waals surface area (Å²) in [5.74, 6) is 1.97. The van der Waals surface area contributed by atoms with Crippen LogP contribution >= 0.6 is 12.4 Å². The van der Waals surface area contributed by atoms with Gasteiger partial charge in [0.15, 0.2) is 5.82 Å². The number of ether oxygens (including phenoxy) is 2. The lowest BCUT2D eigenvalue weighted by atomic mass is 10.2. The standard InChI is InChI=1S/C17H21N3O3.ClH/c1-14-18-17(23-19-14)7-6-15-4-2-3-5-16(15)22-13-10-20-8-11-21-12-9-20;/h2-7H,8-13H2,1H3;1H/b7-6+;. The highest BCUT2D eigenvalue weighted by molar-refractivity contribution is 5.85. The molecule has 2 aromatic rings. The van der Waals surface area contributed by atoms with Crippen molar-refractivity contribution in [1.29, 1.82) is 0 Å². The maximum absolute atomic E-state index is 5.93. The fourth-order valence-electron chi connectivity index (χ4n) is 2.40. The van der Waals surface area contributed by atoms with Crippen molar-refractivity contribution in [2.24, 2.45) is 0 Å². The van der Waals surface area contributed by atoms with Crippen molar-refractivity contribution in [2.45, 2.75) is 6.92 Å². The molecular formula is C17H22ClN3O3. The minimum atomic E-state index is 0. The second kappa shape index (κ2) is 9.42. The van der Waals surface area contributed by atoms with Gasteiger partial charge in [0.25, 0.3) is 5.89 Å². The largest absolute Gasteiger partial charge is 0.492 e. The molecule has 0 amide bonds. The molecule has 1 aromatic carbocycles. The Morgan fingerprint density at radius 3 is 2.75 bits per heavy atom. The average Bonchev–Trinajstić information content (AvgIpc) is 3.00. The lowest BCUT2D eigenvalue weighted by Crippen LogP contribution is -2.38. The number of nitrogens with zero attached hydrogens (tertiary/aromatic N) is 3. The van der Waals surface area contributed by atoms with Crippen LogP contribution in [0, 0.1) is 6.92 Å². The van der Waals surface area contributed by atoms with Gasteiger partial charge in [0.1, 0.15) is 12.4 Å². The zero-order valence-electron chi connectivity index (χ0n) is 13.7. The normalized spacial score (nSPS) is 15.4. The summed E-state index contributed by atoms with van der Waals surface area (Å²) in [6.07, 6.45) is 3.72. The predicted octanol–water partition coefficient (Wildman–Crippen LogP) is 2.68. The van der Waals surface area contributed by atoms with Gasteiger partial charge in [-0.1, -0.05) is 23.4 Å². The van der Waals surface area contributed by atoms with E-state index in [1.165, 1.54) is 0 Å². The smallest absolute Gasteiger partial charge is 0.250 e. The Hall–Kier alpha value is -1.89. The second-order valence-corrected chi connectivity index (χ2v) is 5.35. The van der Waals surface area contributed by atoms with E-state index in [-0.39, 0.29) is 12.4 Å². The summed E-state index contributed by atoms with van der Waals surface area (Å²) in [6.45, 7) is 6.92. The van der Waals surface area contributed by atoms with Crippen LogP contribution in [0.4, 0.5) is 0 Å². The van der Waals surface area contributed by atoms with Crippen LogP contribution in [0.2, 0.25) is 0 Å². The highest BCUT2D eigenvalue weighted by atomic mass is 35.5. The van der Waals surface area contributed by atoms with Gasteiger partial charge in [0, 0.05) is 31.3 Å². The van der Waals surface area contributed by atoms with Gasteiger partial charge in [-0.25, -0.2) is 0 Å². The van der Waals surface area contributed by atoms with Crippen LogP contribution in [0.25, 0.3) is 12.2 Å². The van der Waals surface area contributed by atoms with Crippen molar-refractivity contribution in [3.63, 3.8) is 0 Å². The minimum Gasteiger partial charge on any atom is -0.492 e. The SMILES string of the molecule is Cc1noc(/C=C/c2ccccc2OCCN2CCOCC2)n1.Cl. The first-order chi connectivity index (χ1) is 11.3. The molecule has 24 heavy (non-hydrogen) atoms. The third-order valence-electron chi connectivity index (χ3n) is 3.64. The van der Waals surface area contributed by atoms with Crippen molar-refractivity contribution in [3.05, 3.63) is 41.5 Å². The number of halogens is 1. The van der Waals surface area contributed by atoms with Gasteiger partial charge in [0.05, 0.1) is 13.2 Å².